The van der Waals surface area contributed by atoms with Crippen molar-refractivity contribution in [2.24, 2.45) is 0 Å². The number of halogens is 3. The molecule has 0 spiro atoms. The summed E-state index contributed by atoms with van der Waals surface area (Å²) in [5.74, 6) is -1.92. The molecule has 0 aliphatic carbocycles. The summed E-state index contributed by atoms with van der Waals surface area (Å²) in [5, 5.41) is 8.63. The molecule has 1 N–H and O–H groups in total. The highest BCUT2D eigenvalue weighted by Gasteiger charge is 2.25. The smallest absolute Gasteiger partial charge is 0.337 e. The summed E-state index contributed by atoms with van der Waals surface area (Å²) < 4.78 is 39.0. The lowest BCUT2D eigenvalue weighted by Crippen LogP contribution is -2.26. The molecule has 23 heavy (non-hydrogen) atoms. The van der Waals surface area contributed by atoms with Crippen molar-refractivity contribution in [1.29, 1.82) is 0 Å². The summed E-state index contributed by atoms with van der Waals surface area (Å²) in [6.07, 6.45) is 0. The maximum absolute atomic E-state index is 12.9. The molecule has 2 rings (SSSR count). The Labute approximate surface area is 141 Å². The van der Waals surface area contributed by atoms with Crippen molar-refractivity contribution < 1.29 is 22.7 Å². The number of rotatable bonds is 4. The Bertz CT molecular complexity index is 869. The predicted molar refractivity (Wildman–Crippen MR) is 85.4 cm³/mol. The Morgan fingerprint density at radius 1 is 1.17 bits per heavy atom. The van der Waals surface area contributed by atoms with E-state index in [0.29, 0.717) is 0 Å². The van der Waals surface area contributed by atoms with Gasteiger partial charge < -0.3 is 5.11 Å². The Hall–Kier alpha value is -1.83. The zero-order chi connectivity index (χ0) is 17.4. The molecular formula is C14H10Cl2FNO4S. The van der Waals surface area contributed by atoms with Gasteiger partial charge in [0.05, 0.1) is 26.2 Å². The van der Waals surface area contributed by atoms with E-state index >= 15 is 0 Å². The third kappa shape index (κ3) is 3.41. The summed E-state index contributed by atoms with van der Waals surface area (Å²) in [5.41, 5.74) is -0.223. The largest absolute Gasteiger partial charge is 0.478 e. The van der Waals surface area contributed by atoms with Gasteiger partial charge in [-0.05, 0) is 36.4 Å². The Balaban J connectivity index is 2.55. The summed E-state index contributed by atoms with van der Waals surface area (Å²) in [7, 11) is -2.84. The van der Waals surface area contributed by atoms with Crippen LogP contribution >= 0.6 is 23.2 Å². The van der Waals surface area contributed by atoms with E-state index in [0.717, 1.165) is 28.6 Å². The normalized spacial score (nSPS) is 11.3. The van der Waals surface area contributed by atoms with E-state index in [-0.39, 0.29) is 20.6 Å². The van der Waals surface area contributed by atoms with Gasteiger partial charge in [-0.1, -0.05) is 23.2 Å². The molecule has 0 heterocycles. The SMILES string of the molecule is CN(c1ccc(F)cc1)S(=O)(=O)c1cc(Cl)c(Cl)c(C(=O)O)c1. The van der Waals surface area contributed by atoms with Crippen molar-refractivity contribution in [3.63, 3.8) is 0 Å². The van der Waals surface area contributed by atoms with Gasteiger partial charge in [0.25, 0.3) is 10.0 Å². The molecule has 2 aromatic rings. The minimum Gasteiger partial charge on any atom is -0.478 e. The van der Waals surface area contributed by atoms with Gasteiger partial charge in [-0.3, -0.25) is 4.31 Å². The number of carboxylic acid groups (broad SMARTS) is 1. The molecule has 0 aliphatic rings. The fourth-order valence-electron chi connectivity index (χ4n) is 1.82. The number of anilines is 1. The summed E-state index contributed by atoms with van der Waals surface area (Å²) in [6, 6.07) is 6.76. The maximum atomic E-state index is 12.9. The molecule has 9 heteroatoms. The molecule has 0 aromatic heterocycles. The number of hydrogen-bond donors (Lipinski definition) is 1. The van der Waals surface area contributed by atoms with Crippen molar-refractivity contribution in [3.05, 3.63) is 57.8 Å². The van der Waals surface area contributed by atoms with Crippen LogP contribution in [0.5, 0.6) is 0 Å². The third-order valence-electron chi connectivity index (χ3n) is 3.08. The number of carboxylic acids is 1. The molecule has 5 nitrogen and oxygen atoms in total. The molecule has 0 fully saturated rings. The van der Waals surface area contributed by atoms with Crippen LogP contribution in [0.4, 0.5) is 10.1 Å². The lowest BCUT2D eigenvalue weighted by Gasteiger charge is -2.20. The number of carbonyl (C=O) groups is 1. The lowest BCUT2D eigenvalue weighted by molar-refractivity contribution is 0.0697. The average molecular weight is 378 g/mol. The number of benzene rings is 2. The van der Waals surface area contributed by atoms with Crippen molar-refractivity contribution in [3.8, 4) is 0 Å². The van der Waals surface area contributed by atoms with Crippen LogP contribution in [0.25, 0.3) is 0 Å². The number of nitrogens with zero attached hydrogens (tertiary/aromatic N) is 1. The van der Waals surface area contributed by atoms with Gasteiger partial charge in [-0.15, -0.1) is 0 Å². The van der Waals surface area contributed by atoms with E-state index < -0.39 is 27.4 Å². The molecule has 0 saturated carbocycles. The van der Waals surface area contributed by atoms with Gasteiger partial charge in [-0.25, -0.2) is 17.6 Å². The van der Waals surface area contributed by atoms with E-state index in [1.807, 2.05) is 0 Å². The first-order chi connectivity index (χ1) is 10.6. The molecule has 0 radical (unpaired) electrons. The Morgan fingerprint density at radius 2 is 1.74 bits per heavy atom. The van der Waals surface area contributed by atoms with E-state index in [1.54, 1.807) is 0 Å². The van der Waals surface area contributed by atoms with Crippen LogP contribution in [0.15, 0.2) is 41.3 Å². The fourth-order valence-corrected chi connectivity index (χ4v) is 3.54. The van der Waals surface area contributed by atoms with Gasteiger partial charge in [0.2, 0.25) is 0 Å². The molecule has 0 aliphatic heterocycles. The van der Waals surface area contributed by atoms with E-state index in [9.17, 15) is 17.6 Å². The number of sulfonamides is 1. The molecule has 0 bridgehead atoms. The molecule has 0 amide bonds. The second-order valence-electron chi connectivity index (χ2n) is 4.52. The maximum Gasteiger partial charge on any atom is 0.337 e. The molecule has 2 aromatic carbocycles. The van der Waals surface area contributed by atoms with Crippen LogP contribution in [0.2, 0.25) is 10.0 Å². The molecule has 0 atom stereocenters. The van der Waals surface area contributed by atoms with Crippen molar-refractivity contribution in [2.45, 2.75) is 4.90 Å². The van der Waals surface area contributed by atoms with Crippen LogP contribution in [0, 0.1) is 5.82 Å². The van der Waals surface area contributed by atoms with Crippen LogP contribution in [-0.2, 0) is 10.0 Å². The highest BCUT2D eigenvalue weighted by molar-refractivity contribution is 7.92. The van der Waals surface area contributed by atoms with Crippen LogP contribution in [0.3, 0.4) is 0 Å². The first kappa shape index (κ1) is 17.5. The van der Waals surface area contributed by atoms with Crippen molar-refractivity contribution in [1.82, 2.24) is 0 Å². The molecule has 122 valence electrons. The van der Waals surface area contributed by atoms with Gasteiger partial charge in [0.15, 0.2) is 0 Å². The highest BCUT2D eigenvalue weighted by atomic mass is 35.5. The third-order valence-corrected chi connectivity index (χ3v) is 5.65. The number of aromatic carboxylic acids is 1. The first-order valence-corrected chi connectivity index (χ1v) is 8.31. The van der Waals surface area contributed by atoms with Crippen LogP contribution in [-0.4, -0.2) is 26.5 Å². The molecule has 0 saturated heterocycles. The van der Waals surface area contributed by atoms with E-state index in [2.05, 4.69) is 0 Å². The molecular weight excluding hydrogens is 368 g/mol. The second-order valence-corrected chi connectivity index (χ2v) is 7.28. The Morgan fingerprint density at radius 3 is 2.26 bits per heavy atom. The summed E-state index contributed by atoms with van der Waals surface area (Å²) in [4.78, 5) is 10.8. The highest BCUT2D eigenvalue weighted by Crippen LogP contribution is 2.31. The topological polar surface area (TPSA) is 74.7 Å². The number of hydrogen-bond acceptors (Lipinski definition) is 3. The zero-order valence-electron chi connectivity index (χ0n) is 11.6. The quantitative estimate of drug-likeness (QED) is 0.881. The standard InChI is InChI=1S/C14H10Cl2FNO4S/c1-18(9-4-2-8(17)3-5-9)23(21,22)10-6-11(14(19)20)13(16)12(15)7-10/h2-7H,1H3,(H,19,20). The zero-order valence-corrected chi connectivity index (χ0v) is 14.0. The summed E-state index contributed by atoms with van der Waals surface area (Å²) in [6.45, 7) is 0. The van der Waals surface area contributed by atoms with Gasteiger partial charge >= 0.3 is 5.97 Å². The van der Waals surface area contributed by atoms with Gasteiger partial charge in [-0.2, -0.15) is 0 Å². The first-order valence-electron chi connectivity index (χ1n) is 6.11. The minimum absolute atomic E-state index is 0.197. The fraction of sp³-hybridized carbons (Fsp3) is 0.0714. The monoisotopic (exact) mass is 377 g/mol. The molecule has 0 unspecified atom stereocenters. The van der Waals surface area contributed by atoms with Crippen LogP contribution < -0.4 is 4.31 Å². The van der Waals surface area contributed by atoms with Crippen LogP contribution in [0.1, 0.15) is 10.4 Å². The summed E-state index contributed by atoms with van der Waals surface area (Å²) >= 11 is 11.6. The van der Waals surface area contributed by atoms with Crippen molar-refractivity contribution >= 4 is 44.9 Å². The van der Waals surface area contributed by atoms with E-state index in [4.69, 9.17) is 28.3 Å². The Kier molecular flexibility index (Phi) is 4.84. The minimum atomic E-state index is -4.10. The van der Waals surface area contributed by atoms with E-state index in [1.165, 1.54) is 19.2 Å². The predicted octanol–water partition coefficient (Wildman–Crippen LogP) is 3.66. The average Bonchev–Trinajstić information content (AvgIpc) is 2.49. The second kappa shape index (κ2) is 6.35. The van der Waals surface area contributed by atoms with Gasteiger partial charge in [0.1, 0.15) is 5.82 Å². The van der Waals surface area contributed by atoms with Crippen molar-refractivity contribution in [2.75, 3.05) is 11.4 Å². The lowest BCUT2D eigenvalue weighted by atomic mass is 10.2. The van der Waals surface area contributed by atoms with Gasteiger partial charge in [0, 0.05) is 7.05 Å².